The number of rotatable bonds is 3. The van der Waals surface area contributed by atoms with Gasteiger partial charge in [-0.05, 0) is 24.3 Å². The molecule has 4 nitrogen and oxygen atoms in total. The minimum Gasteiger partial charge on any atom is -0.404 e. The Morgan fingerprint density at radius 2 is 1.95 bits per heavy atom. The van der Waals surface area contributed by atoms with Gasteiger partial charge in [0.25, 0.3) is 5.56 Å². The molecule has 0 radical (unpaired) electrons. The van der Waals surface area contributed by atoms with Crippen LogP contribution in [0.15, 0.2) is 53.6 Å². The number of nitrogens with one attached hydrogen (secondary N) is 1. The lowest BCUT2D eigenvalue weighted by molar-refractivity contribution is -0.137. The van der Waals surface area contributed by atoms with Gasteiger partial charge in [0, 0.05) is 41.5 Å². The molecule has 0 aliphatic heterocycles. The zero-order chi connectivity index (χ0) is 16.3. The fourth-order valence-corrected chi connectivity index (χ4v) is 1.92. The lowest BCUT2D eigenvalue weighted by Gasteiger charge is -2.11. The van der Waals surface area contributed by atoms with Crippen molar-refractivity contribution in [1.29, 1.82) is 5.41 Å². The number of nitrogens with two attached hydrogens (primary N) is 1. The van der Waals surface area contributed by atoms with E-state index in [1.165, 1.54) is 36.7 Å². The van der Waals surface area contributed by atoms with Crippen LogP contribution in [0.2, 0.25) is 0 Å². The molecule has 0 aliphatic rings. The summed E-state index contributed by atoms with van der Waals surface area (Å²) < 4.78 is 39.4. The maximum Gasteiger partial charge on any atom is 0.416 e. The molecule has 0 aliphatic carbocycles. The molecular formula is C15H12F3N3O. The Hall–Kier alpha value is -2.83. The zero-order valence-corrected chi connectivity index (χ0v) is 11.3. The second-order valence-corrected chi connectivity index (χ2v) is 4.44. The maximum absolute atomic E-state index is 12.8. The quantitative estimate of drug-likeness (QED) is 0.856. The predicted molar refractivity (Wildman–Crippen MR) is 78.0 cm³/mol. The lowest BCUT2D eigenvalue weighted by Crippen LogP contribution is -2.18. The molecular weight excluding hydrogens is 295 g/mol. The van der Waals surface area contributed by atoms with Gasteiger partial charge in [-0.25, -0.2) is 0 Å². The summed E-state index contributed by atoms with van der Waals surface area (Å²) in [5.74, 6) is 0. The Bertz CT molecular complexity index is 791. The molecule has 0 saturated heterocycles. The van der Waals surface area contributed by atoms with Crippen molar-refractivity contribution >= 4 is 11.8 Å². The summed E-state index contributed by atoms with van der Waals surface area (Å²) >= 11 is 0. The zero-order valence-electron chi connectivity index (χ0n) is 11.3. The second kappa shape index (κ2) is 5.88. The third-order valence-electron chi connectivity index (χ3n) is 3.03. The highest BCUT2D eigenvalue weighted by Crippen LogP contribution is 2.30. The van der Waals surface area contributed by atoms with E-state index in [4.69, 9.17) is 11.1 Å². The van der Waals surface area contributed by atoms with Gasteiger partial charge in [-0.3, -0.25) is 9.36 Å². The van der Waals surface area contributed by atoms with E-state index in [-0.39, 0.29) is 5.69 Å². The molecule has 0 spiro atoms. The molecule has 2 aromatic rings. The second-order valence-electron chi connectivity index (χ2n) is 4.44. The molecule has 22 heavy (non-hydrogen) atoms. The summed E-state index contributed by atoms with van der Waals surface area (Å²) in [4.78, 5) is 11.9. The van der Waals surface area contributed by atoms with E-state index < -0.39 is 17.3 Å². The van der Waals surface area contributed by atoms with Crippen molar-refractivity contribution in [2.75, 3.05) is 0 Å². The van der Waals surface area contributed by atoms with Gasteiger partial charge < -0.3 is 11.1 Å². The lowest BCUT2D eigenvalue weighted by atomic mass is 10.1. The van der Waals surface area contributed by atoms with Gasteiger partial charge in [-0.2, -0.15) is 13.2 Å². The van der Waals surface area contributed by atoms with Crippen LogP contribution in [0.4, 0.5) is 13.2 Å². The van der Waals surface area contributed by atoms with E-state index in [1.807, 2.05) is 0 Å². The fourth-order valence-electron chi connectivity index (χ4n) is 1.92. The monoisotopic (exact) mass is 307 g/mol. The smallest absolute Gasteiger partial charge is 0.404 e. The largest absolute Gasteiger partial charge is 0.416 e. The Balaban J connectivity index is 2.60. The Kier molecular flexibility index (Phi) is 4.16. The number of benzene rings is 1. The Morgan fingerprint density at radius 3 is 2.55 bits per heavy atom. The number of allylic oxidation sites excluding steroid dienone is 1. The maximum atomic E-state index is 12.8. The highest BCUT2D eigenvalue weighted by molar-refractivity contribution is 6.07. The van der Waals surface area contributed by atoms with E-state index in [2.05, 4.69) is 0 Å². The van der Waals surface area contributed by atoms with Crippen molar-refractivity contribution in [3.63, 3.8) is 0 Å². The van der Waals surface area contributed by atoms with Crippen molar-refractivity contribution < 1.29 is 13.2 Å². The molecule has 0 atom stereocenters. The summed E-state index contributed by atoms with van der Waals surface area (Å²) in [6, 6.07) is 7.12. The molecule has 114 valence electrons. The van der Waals surface area contributed by atoms with Crippen molar-refractivity contribution in [2.45, 2.75) is 6.18 Å². The van der Waals surface area contributed by atoms with Gasteiger partial charge in [0.1, 0.15) is 0 Å². The van der Waals surface area contributed by atoms with Gasteiger partial charge in [-0.15, -0.1) is 0 Å². The van der Waals surface area contributed by atoms with Crippen LogP contribution in [0.25, 0.3) is 11.3 Å². The minimum absolute atomic E-state index is 0.0861. The third-order valence-corrected chi connectivity index (χ3v) is 3.03. The van der Waals surface area contributed by atoms with Crippen LogP contribution < -0.4 is 11.3 Å². The Labute approximate surface area is 123 Å². The van der Waals surface area contributed by atoms with Gasteiger partial charge in [0.2, 0.25) is 0 Å². The highest BCUT2D eigenvalue weighted by atomic mass is 19.4. The van der Waals surface area contributed by atoms with Crippen LogP contribution in [0, 0.1) is 5.41 Å². The van der Waals surface area contributed by atoms with Gasteiger partial charge in [0.05, 0.1) is 5.56 Å². The first-order valence-electron chi connectivity index (χ1n) is 6.20. The SMILES string of the molecule is N=C/C(=C\N)c1ccc(=O)n(-c2cccc(C(F)(F)F)c2)c1. The van der Waals surface area contributed by atoms with Gasteiger partial charge in [-0.1, -0.05) is 6.07 Å². The van der Waals surface area contributed by atoms with Crippen LogP contribution >= 0.6 is 0 Å². The van der Waals surface area contributed by atoms with E-state index in [0.29, 0.717) is 11.1 Å². The minimum atomic E-state index is -4.49. The number of aromatic nitrogens is 1. The van der Waals surface area contributed by atoms with Crippen LogP contribution in [0.3, 0.4) is 0 Å². The molecule has 7 heteroatoms. The molecule has 2 rings (SSSR count). The van der Waals surface area contributed by atoms with E-state index >= 15 is 0 Å². The first kappa shape index (κ1) is 15.6. The van der Waals surface area contributed by atoms with E-state index in [1.54, 1.807) is 0 Å². The summed E-state index contributed by atoms with van der Waals surface area (Å²) in [5.41, 5.74) is 4.94. The van der Waals surface area contributed by atoms with Crippen molar-refractivity contribution in [1.82, 2.24) is 4.57 Å². The first-order valence-corrected chi connectivity index (χ1v) is 6.20. The average Bonchev–Trinajstić information content (AvgIpc) is 2.49. The molecule has 0 fully saturated rings. The number of hydrogen-bond acceptors (Lipinski definition) is 3. The topological polar surface area (TPSA) is 71.9 Å². The number of alkyl halides is 3. The predicted octanol–water partition coefficient (Wildman–Crippen LogP) is 2.81. The molecule has 1 aromatic heterocycles. The molecule has 0 amide bonds. The number of nitrogens with zero attached hydrogens (tertiary/aromatic N) is 1. The third kappa shape index (κ3) is 3.08. The highest BCUT2D eigenvalue weighted by Gasteiger charge is 2.30. The standard InChI is InChI=1S/C15H12F3N3O/c16-15(17,18)12-2-1-3-13(6-12)21-9-10(4-5-14(21)22)11(7-19)8-20/h1-9,19H,20H2/b11-8+,19-7?. The van der Waals surface area contributed by atoms with Crippen LogP contribution in [-0.2, 0) is 6.18 Å². The van der Waals surface area contributed by atoms with E-state index in [9.17, 15) is 18.0 Å². The molecule has 1 heterocycles. The summed E-state index contributed by atoms with van der Waals surface area (Å²) in [6.07, 6.45) is -0.963. The van der Waals surface area contributed by atoms with Crippen molar-refractivity contribution in [2.24, 2.45) is 5.73 Å². The first-order chi connectivity index (χ1) is 10.4. The van der Waals surface area contributed by atoms with Gasteiger partial charge >= 0.3 is 6.18 Å². The average molecular weight is 307 g/mol. The van der Waals surface area contributed by atoms with Crippen molar-refractivity contribution in [3.8, 4) is 5.69 Å². The van der Waals surface area contributed by atoms with Crippen LogP contribution in [-0.4, -0.2) is 10.8 Å². The molecule has 0 saturated carbocycles. The van der Waals surface area contributed by atoms with Gasteiger partial charge in [0.15, 0.2) is 0 Å². The summed E-state index contributed by atoms with van der Waals surface area (Å²) in [7, 11) is 0. The Morgan fingerprint density at radius 1 is 1.23 bits per heavy atom. The van der Waals surface area contributed by atoms with Crippen LogP contribution in [0.1, 0.15) is 11.1 Å². The summed E-state index contributed by atoms with van der Waals surface area (Å²) in [5, 5.41) is 7.23. The fraction of sp³-hybridized carbons (Fsp3) is 0.0667. The molecule has 0 bridgehead atoms. The molecule has 3 N–H and O–H groups in total. The van der Waals surface area contributed by atoms with Crippen LogP contribution in [0.5, 0.6) is 0 Å². The summed E-state index contributed by atoms with van der Waals surface area (Å²) in [6.45, 7) is 0. The number of halogens is 3. The van der Waals surface area contributed by atoms with E-state index in [0.717, 1.165) is 22.9 Å². The molecule has 1 aromatic carbocycles. The normalized spacial score (nSPS) is 12.2. The number of hydrogen-bond donors (Lipinski definition) is 2. The molecule has 0 unspecified atom stereocenters. The number of pyridine rings is 1. The van der Waals surface area contributed by atoms with Crippen molar-refractivity contribution in [3.05, 3.63) is 70.3 Å².